The lowest BCUT2D eigenvalue weighted by atomic mass is 9.86. The van der Waals surface area contributed by atoms with Crippen LogP contribution in [0.25, 0.3) is 0 Å². The average molecular weight is 281 g/mol. The normalized spacial score (nSPS) is 13.7. The molecule has 1 atom stereocenters. The smallest absolute Gasteiger partial charge is 0.0963 e. The summed E-state index contributed by atoms with van der Waals surface area (Å²) in [5.41, 5.74) is 5.44. The first kappa shape index (κ1) is 16.2. The Morgan fingerprint density at radius 1 is 1.53 bits per heavy atom. The Morgan fingerprint density at radius 2 is 2.21 bits per heavy atom. The van der Waals surface area contributed by atoms with Crippen LogP contribution < -0.4 is 5.73 Å². The standard InChI is InChI=1S/C15H27N3S/c1-12(11-13-7-5-10-19-13)18(4)9-6-8-15(2,3)14(16)17/h5,7,10,12H,6,8-9,11H2,1-4H3,(H3,16,17). The predicted octanol–water partition coefficient (Wildman–Crippen LogP) is 3.35. The molecule has 108 valence electrons. The molecule has 0 aliphatic rings. The number of nitrogens with one attached hydrogen (secondary N) is 1. The van der Waals surface area contributed by atoms with Crippen molar-refractivity contribution in [2.45, 2.75) is 46.1 Å². The number of hydrogen-bond acceptors (Lipinski definition) is 3. The molecule has 1 heterocycles. The van der Waals surface area contributed by atoms with E-state index in [9.17, 15) is 0 Å². The second-order valence-corrected chi connectivity index (χ2v) is 7.05. The third-order valence-electron chi connectivity index (χ3n) is 3.87. The Labute approximate surface area is 121 Å². The van der Waals surface area contributed by atoms with Crippen molar-refractivity contribution in [3.63, 3.8) is 0 Å². The van der Waals surface area contributed by atoms with Gasteiger partial charge in [0.2, 0.25) is 0 Å². The number of nitrogens with two attached hydrogens (primary N) is 1. The molecule has 1 unspecified atom stereocenters. The fourth-order valence-corrected chi connectivity index (χ4v) is 2.83. The van der Waals surface area contributed by atoms with E-state index >= 15 is 0 Å². The van der Waals surface area contributed by atoms with Crippen molar-refractivity contribution in [2.24, 2.45) is 11.1 Å². The predicted molar refractivity (Wildman–Crippen MR) is 85.0 cm³/mol. The minimum absolute atomic E-state index is 0.169. The molecule has 1 aromatic rings. The van der Waals surface area contributed by atoms with Gasteiger partial charge in [0.05, 0.1) is 5.84 Å². The fourth-order valence-electron chi connectivity index (χ4n) is 2.00. The zero-order valence-corrected chi connectivity index (χ0v) is 13.4. The van der Waals surface area contributed by atoms with E-state index in [1.165, 1.54) is 4.88 Å². The van der Waals surface area contributed by atoms with E-state index < -0.39 is 0 Å². The Hall–Kier alpha value is -0.870. The summed E-state index contributed by atoms with van der Waals surface area (Å²) in [6.45, 7) is 7.42. The van der Waals surface area contributed by atoms with Gasteiger partial charge in [-0.15, -0.1) is 11.3 Å². The molecule has 0 radical (unpaired) electrons. The zero-order chi connectivity index (χ0) is 14.5. The summed E-state index contributed by atoms with van der Waals surface area (Å²) in [5.74, 6) is 0.293. The van der Waals surface area contributed by atoms with E-state index in [4.69, 9.17) is 11.1 Å². The second kappa shape index (κ2) is 7.06. The molecule has 0 amide bonds. The third kappa shape index (κ3) is 5.33. The maximum atomic E-state index is 7.56. The van der Waals surface area contributed by atoms with E-state index in [-0.39, 0.29) is 5.41 Å². The van der Waals surface area contributed by atoms with Crippen LogP contribution in [-0.4, -0.2) is 30.4 Å². The summed E-state index contributed by atoms with van der Waals surface area (Å²) >= 11 is 1.83. The van der Waals surface area contributed by atoms with Gasteiger partial charge >= 0.3 is 0 Å². The number of likely N-dealkylation sites (N-methyl/N-ethyl adjacent to an activating group) is 1. The van der Waals surface area contributed by atoms with E-state index in [0.29, 0.717) is 11.9 Å². The number of nitrogens with zero attached hydrogens (tertiary/aromatic N) is 1. The highest BCUT2D eigenvalue weighted by Crippen LogP contribution is 2.22. The Kier molecular flexibility index (Phi) is 6.01. The summed E-state index contributed by atoms with van der Waals surface area (Å²) in [6, 6.07) is 4.87. The highest BCUT2D eigenvalue weighted by molar-refractivity contribution is 7.09. The minimum atomic E-state index is -0.169. The summed E-state index contributed by atoms with van der Waals surface area (Å²) < 4.78 is 0. The van der Waals surface area contributed by atoms with E-state index in [1.807, 2.05) is 25.2 Å². The van der Waals surface area contributed by atoms with Crippen molar-refractivity contribution < 1.29 is 0 Å². The quantitative estimate of drug-likeness (QED) is 0.567. The summed E-state index contributed by atoms with van der Waals surface area (Å²) in [7, 11) is 2.18. The van der Waals surface area contributed by atoms with Gasteiger partial charge in [-0.25, -0.2) is 0 Å². The van der Waals surface area contributed by atoms with E-state index in [0.717, 1.165) is 25.8 Å². The van der Waals surface area contributed by atoms with Gasteiger partial charge in [-0.2, -0.15) is 0 Å². The van der Waals surface area contributed by atoms with Gasteiger partial charge in [-0.05, 0) is 51.2 Å². The summed E-state index contributed by atoms with van der Waals surface area (Å²) in [4.78, 5) is 3.85. The van der Waals surface area contributed by atoms with Crippen LogP contribution in [0.2, 0.25) is 0 Å². The first-order chi connectivity index (χ1) is 8.83. The van der Waals surface area contributed by atoms with Crippen molar-refractivity contribution in [2.75, 3.05) is 13.6 Å². The maximum absolute atomic E-state index is 7.56. The molecule has 19 heavy (non-hydrogen) atoms. The van der Waals surface area contributed by atoms with Gasteiger partial charge in [0.15, 0.2) is 0 Å². The summed E-state index contributed by atoms with van der Waals surface area (Å²) in [6.07, 6.45) is 3.17. The van der Waals surface area contributed by atoms with Crippen LogP contribution in [0.3, 0.4) is 0 Å². The molecule has 3 nitrogen and oxygen atoms in total. The molecule has 0 bridgehead atoms. The molecule has 0 fully saturated rings. The van der Waals surface area contributed by atoms with Gasteiger partial charge in [0, 0.05) is 16.3 Å². The number of thiophene rings is 1. The molecule has 3 N–H and O–H groups in total. The van der Waals surface area contributed by atoms with Crippen LogP contribution in [0, 0.1) is 10.8 Å². The SMILES string of the molecule is CC(Cc1cccs1)N(C)CCCC(C)(C)C(=N)N. The fraction of sp³-hybridized carbons (Fsp3) is 0.667. The van der Waals surface area contributed by atoms with Crippen molar-refractivity contribution in [1.82, 2.24) is 4.90 Å². The van der Waals surface area contributed by atoms with Crippen molar-refractivity contribution in [1.29, 1.82) is 5.41 Å². The highest BCUT2D eigenvalue weighted by atomic mass is 32.1. The molecule has 0 aliphatic heterocycles. The number of hydrogen-bond donors (Lipinski definition) is 2. The Morgan fingerprint density at radius 3 is 2.74 bits per heavy atom. The molecule has 0 saturated carbocycles. The van der Waals surface area contributed by atoms with Gasteiger partial charge in [0.1, 0.15) is 0 Å². The second-order valence-electron chi connectivity index (χ2n) is 6.01. The van der Waals surface area contributed by atoms with E-state index in [1.54, 1.807) is 0 Å². The summed E-state index contributed by atoms with van der Waals surface area (Å²) in [5, 5.41) is 9.70. The van der Waals surface area contributed by atoms with Crippen LogP contribution in [-0.2, 0) is 6.42 Å². The molecule has 1 aromatic heterocycles. The monoisotopic (exact) mass is 281 g/mol. The van der Waals surface area contributed by atoms with Crippen LogP contribution in [0.1, 0.15) is 38.5 Å². The Bertz CT molecular complexity index is 384. The van der Waals surface area contributed by atoms with E-state index in [2.05, 4.69) is 36.4 Å². The largest absolute Gasteiger partial charge is 0.387 e. The van der Waals surface area contributed by atoms with Crippen molar-refractivity contribution in [3.05, 3.63) is 22.4 Å². The lowest BCUT2D eigenvalue weighted by Crippen LogP contribution is -2.34. The van der Waals surface area contributed by atoms with Crippen LogP contribution in [0.4, 0.5) is 0 Å². The molecular formula is C15H27N3S. The van der Waals surface area contributed by atoms with Crippen LogP contribution in [0.5, 0.6) is 0 Å². The van der Waals surface area contributed by atoms with Crippen molar-refractivity contribution in [3.8, 4) is 0 Å². The third-order valence-corrected chi connectivity index (χ3v) is 4.77. The number of rotatable bonds is 8. The molecular weight excluding hydrogens is 254 g/mol. The molecule has 4 heteroatoms. The molecule has 0 aromatic carbocycles. The average Bonchev–Trinajstić information content (AvgIpc) is 2.81. The topological polar surface area (TPSA) is 53.1 Å². The van der Waals surface area contributed by atoms with Gasteiger partial charge in [-0.3, -0.25) is 5.41 Å². The van der Waals surface area contributed by atoms with Gasteiger partial charge in [0.25, 0.3) is 0 Å². The first-order valence-electron chi connectivity index (χ1n) is 6.90. The van der Waals surface area contributed by atoms with Gasteiger partial charge < -0.3 is 10.6 Å². The van der Waals surface area contributed by atoms with Crippen LogP contribution >= 0.6 is 11.3 Å². The maximum Gasteiger partial charge on any atom is 0.0963 e. The zero-order valence-electron chi connectivity index (χ0n) is 12.6. The molecule has 1 rings (SSSR count). The molecule has 0 saturated heterocycles. The number of amidine groups is 1. The van der Waals surface area contributed by atoms with Crippen molar-refractivity contribution >= 4 is 17.2 Å². The lowest BCUT2D eigenvalue weighted by Gasteiger charge is -2.27. The van der Waals surface area contributed by atoms with Crippen LogP contribution in [0.15, 0.2) is 17.5 Å². The minimum Gasteiger partial charge on any atom is -0.387 e. The first-order valence-corrected chi connectivity index (χ1v) is 7.78. The van der Waals surface area contributed by atoms with Gasteiger partial charge in [-0.1, -0.05) is 19.9 Å². The molecule has 0 aliphatic carbocycles. The highest BCUT2D eigenvalue weighted by Gasteiger charge is 2.21. The molecule has 0 spiro atoms. The lowest BCUT2D eigenvalue weighted by molar-refractivity contribution is 0.243. The Balaban J connectivity index is 2.31.